The summed E-state index contributed by atoms with van der Waals surface area (Å²) in [6.45, 7) is 2.89. The molecule has 0 atom stereocenters. The fraction of sp³-hybridized carbons (Fsp3) is 0.500. The van der Waals surface area contributed by atoms with Gasteiger partial charge in [0.1, 0.15) is 5.82 Å². The average molecular weight is 224 g/mol. The van der Waals surface area contributed by atoms with E-state index in [1.807, 2.05) is 7.05 Å². The maximum Gasteiger partial charge on any atom is 0.513 e. The minimum atomic E-state index is -0.478. The van der Waals surface area contributed by atoms with E-state index in [2.05, 4.69) is 9.88 Å². The van der Waals surface area contributed by atoms with Crippen LogP contribution in [-0.4, -0.2) is 50.4 Å². The third kappa shape index (κ3) is 3.01. The Labute approximate surface area is 94.5 Å². The van der Waals surface area contributed by atoms with Crippen LogP contribution in [0, 0.1) is 5.82 Å². The Balaban J connectivity index is 2.00. The lowest BCUT2D eigenvalue weighted by atomic mass is 9.83. The highest BCUT2D eigenvalue weighted by molar-refractivity contribution is 6.60. The second-order valence-corrected chi connectivity index (χ2v) is 3.78. The number of aromatic nitrogens is 1. The smallest absolute Gasteiger partial charge is 0.405 e. The lowest BCUT2D eigenvalue weighted by molar-refractivity contribution is 0.131. The topological polar surface area (TPSA) is 34.6 Å². The average Bonchev–Trinajstić information content (AvgIpc) is 2.25. The van der Waals surface area contributed by atoms with Crippen molar-refractivity contribution >= 4 is 12.7 Å². The summed E-state index contributed by atoms with van der Waals surface area (Å²) < 4.78 is 23.8. The molecular formula is C10H14BFN2O2. The zero-order chi connectivity index (χ0) is 11.4. The molecule has 86 valence electrons. The summed E-state index contributed by atoms with van der Waals surface area (Å²) in [4.78, 5) is 6.09. The first-order valence-electron chi connectivity index (χ1n) is 5.29. The first kappa shape index (κ1) is 11.5. The molecule has 0 spiro atoms. The Morgan fingerprint density at radius 3 is 2.56 bits per heavy atom. The van der Waals surface area contributed by atoms with E-state index < -0.39 is 7.12 Å². The highest BCUT2D eigenvalue weighted by Gasteiger charge is 2.24. The summed E-state index contributed by atoms with van der Waals surface area (Å²) in [6, 6.07) is 2.95. The Hall–Kier alpha value is -0.975. The molecule has 0 radical (unpaired) electrons. The Morgan fingerprint density at radius 2 is 2.00 bits per heavy atom. The monoisotopic (exact) mass is 224 g/mol. The minimum absolute atomic E-state index is 0.352. The first-order valence-corrected chi connectivity index (χ1v) is 5.29. The van der Waals surface area contributed by atoms with Gasteiger partial charge < -0.3 is 14.2 Å². The largest absolute Gasteiger partial charge is 0.513 e. The Bertz CT molecular complexity index is 326. The second kappa shape index (κ2) is 5.38. The molecule has 0 aromatic carbocycles. The molecule has 1 aliphatic heterocycles. The van der Waals surface area contributed by atoms with Gasteiger partial charge in [-0.15, -0.1) is 0 Å². The lowest BCUT2D eigenvalue weighted by Gasteiger charge is -2.23. The molecule has 0 saturated carbocycles. The number of hydrogen-bond acceptors (Lipinski definition) is 4. The quantitative estimate of drug-likeness (QED) is 0.623. The summed E-state index contributed by atoms with van der Waals surface area (Å²) in [5.74, 6) is -0.352. The van der Waals surface area contributed by atoms with E-state index >= 15 is 0 Å². The summed E-state index contributed by atoms with van der Waals surface area (Å²) in [5, 5.41) is 0. The van der Waals surface area contributed by atoms with Crippen molar-refractivity contribution in [2.24, 2.45) is 0 Å². The molecule has 1 saturated heterocycles. The fourth-order valence-corrected chi connectivity index (χ4v) is 1.49. The van der Waals surface area contributed by atoms with Crippen LogP contribution >= 0.6 is 0 Å². The van der Waals surface area contributed by atoms with Crippen LogP contribution in [0.4, 0.5) is 4.39 Å². The highest BCUT2D eigenvalue weighted by Crippen LogP contribution is 1.98. The normalized spacial score (nSPS) is 19.2. The number of rotatable bonds is 1. The van der Waals surface area contributed by atoms with Crippen LogP contribution in [0.1, 0.15) is 0 Å². The van der Waals surface area contributed by atoms with Gasteiger partial charge in [0.25, 0.3) is 0 Å². The number of halogens is 1. The minimum Gasteiger partial charge on any atom is -0.405 e. The summed E-state index contributed by atoms with van der Waals surface area (Å²) >= 11 is 0. The summed E-state index contributed by atoms with van der Waals surface area (Å²) in [7, 11) is 1.54. The molecule has 1 fully saturated rings. The molecule has 0 aliphatic carbocycles. The van der Waals surface area contributed by atoms with Gasteiger partial charge in [0.15, 0.2) is 0 Å². The molecule has 2 rings (SSSR count). The van der Waals surface area contributed by atoms with Crippen molar-refractivity contribution in [3.05, 3.63) is 24.1 Å². The molecular weight excluding hydrogens is 210 g/mol. The van der Waals surface area contributed by atoms with Crippen LogP contribution in [0.3, 0.4) is 0 Å². The van der Waals surface area contributed by atoms with Gasteiger partial charge in [-0.25, -0.2) is 4.39 Å². The Morgan fingerprint density at radius 1 is 1.31 bits per heavy atom. The molecule has 2 heterocycles. The van der Waals surface area contributed by atoms with E-state index in [1.54, 1.807) is 6.07 Å². The van der Waals surface area contributed by atoms with E-state index in [9.17, 15) is 4.39 Å². The fourth-order valence-electron chi connectivity index (χ4n) is 1.49. The molecule has 1 aliphatic rings. The molecule has 0 N–H and O–H groups in total. The number of hydrogen-bond donors (Lipinski definition) is 0. The van der Waals surface area contributed by atoms with Gasteiger partial charge in [-0.2, -0.15) is 0 Å². The molecule has 1 aromatic heterocycles. The van der Waals surface area contributed by atoms with Gasteiger partial charge in [0, 0.05) is 26.3 Å². The van der Waals surface area contributed by atoms with Gasteiger partial charge in [-0.3, -0.25) is 4.98 Å². The van der Waals surface area contributed by atoms with E-state index in [4.69, 9.17) is 9.31 Å². The number of pyridine rings is 1. The van der Waals surface area contributed by atoms with Crippen LogP contribution < -0.4 is 5.59 Å². The summed E-state index contributed by atoms with van der Waals surface area (Å²) in [5.41, 5.74) is 0.617. The SMILES string of the molecule is CN1CCOB(c2ccc(F)cn2)OCC1. The third-order valence-electron chi connectivity index (χ3n) is 2.48. The molecule has 0 bridgehead atoms. The van der Waals surface area contributed by atoms with Crippen LogP contribution in [0.15, 0.2) is 18.3 Å². The van der Waals surface area contributed by atoms with E-state index in [0.29, 0.717) is 18.8 Å². The lowest BCUT2D eigenvalue weighted by Crippen LogP contribution is -2.44. The van der Waals surface area contributed by atoms with Gasteiger partial charge in [0.05, 0.1) is 11.8 Å². The van der Waals surface area contributed by atoms with Crippen molar-refractivity contribution < 1.29 is 13.7 Å². The standard InChI is InChI=1S/C10H14BFN2O2/c1-14-4-6-15-11(16-7-5-14)10-3-2-9(12)8-13-10/h2-3,8H,4-7H2,1H3. The molecule has 0 unspecified atom stereocenters. The number of nitrogens with zero attached hydrogens (tertiary/aromatic N) is 2. The first-order chi connectivity index (χ1) is 7.75. The van der Waals surface area contributed by atoms with Crippen LogP contribution in [0.25, 0.3) is 0 Å². The number of likely N-dealkylation sites (N-methyl/N-ethyl adjacent to an activating group) is 1. The van der Waals surface area contributed by atoms with Crippen molar-refractivity contribution in [1.82, 2.24) is 9.88 Å². The van der Waals surface area contributed by atoms with Gasteiger partial charge in [0.2, 0.25) is 0 Å². The maximum absolute atomic E-state index is 12.7. The van der Waals surface area contributed by atoms with Crippen LogP contribution in [-0.2, 0) is 9.31 Å². The molecule has 1 aromatic rings. The van der Waals surface area contributed by atoms with Gasteiger partial charge in [-0.05, 0) is 19.2 Å². The highest BCUT2D eigenvalue weighted by atomic mass is 19.1. The van der Waals surface area contributed by atoms with Gasteiger partial charge >= 0.3 is 7.12 Å². The maximum atomic E-state index is 12.7. The Kier molecular flexibility index (Phi) is 3.87. The van der Waals surface area contributed by atoms with E-state index in [0.717, 1.165) is 13.1 Å². The summed E-state index contributed by atoms with van der Waals surface area (Å²) in [6.07, 6.45) is 1.17. The molecule has 0 amide bonds. The van der Waals surface area contributed by atoms with Crippen molar-refractivity contribution in [2.75, 3.05) is 33.4 Å². The molecule has 4 nitrogen and oxygen atoms in total. The van der Waals surface area contributed by atoms with Crippen molar-refractivity contribution in [3.8, 4) is 0 Å². The third-order valence-corrected chi connectivity index (χ3v) is 2.48. The second-order valence-electron chi connectivity index (χ2n) is 3.78. The van der Waals surface area contributed by atoms with E-state index in [-0.39, 0.29) is 5.82 Å². The zero-order valence-electron chi connectivity index (χ0n) is 9.23. The molecule has 6 heteroatoms. The van der Waals surface area contributed by atoms with Crippen molar-refractivity contribution in [1.29, 1.82) is 0 Å². The van der Waals surface area contributed by atoms with Crippen LogP contribution in [0.2, 0.25) is 0 Å². The van der Waals surface area contributed by atoms with Crippen LogP contribution in [0.5, 0.6) is 0 Å². The predicted molar refractivity (Wildman–Crippen MR) is 59.0 cm³/mol. The van der Waals surface area contributed by atoms with Crippen molar-refractivity contribution in [3.63, 3.8) is 0 Å². The zero-order valence-corrected chi connectivity index (χ0v) is 9.23. The van der Waals surface area contributed by atoms with E-state index in [1.165, 1.54) is 12.3 Å². The molecule has 16 heavy (non-hydrogen) atoms. The van der Waals surface area contributed by atoms with Crippen molar-refractivity contribution in [2.45, 2.75) is 0 Å². The van der Waals surface area contributed by atoms with Gasteiger partial charge in [-0.1, -0.05) is 0 Å². The predicted octanol–water partition coefficient (Wildman–Crippen LogP) is -0.106.